The van der Waals surface area contributed by atoms with Crippen LogP contribution in [0.5, 0.6) is 0 Å². The number of halogens is 2. The van der Waals surface area contributed by atoms with Crippen molar-refractivity contribution >= 4 is 29.1 Å². The van der Waals surface area contributed by atoms with Crippen LogP contribution in [0.3, 0.4) is 0 Å². The molecule has 0 aliphatic heterocycles. The van der Waals surface area contributed by atoms with E-state index in [9.17, 15) is 4.79 Å². The van der Waals surface area contributed by atoms with E-state index in [1.165, 1.54) is 6.42 Å². The topological polar surface area (TPSA) is 81.7 Å². The number of carbonyl (C=O) groups is 1. The Bertz CT molecular complexity index is 1400. The predicted octanol–water partition coefficient (Wildman–Crippen LogP) is 5.75. The Morgan fingerprint density at radius 2 is 1.75 bits per heavy atom. The summed E-state index contributed by atoms with van der Waals surface area (Å²) in [5.41, 5.74) is 3.59. The zero-order valence-corrected chi connectivity index (χ0v) is 22.0. The molecule has 0 saturated heterocycles. The number of hydrogen-bond donors (Lipinski definition) is 0. The molecule has 1 aliphatic rings. The van der Waals surface area contributed by atoms with Gasteiger partial charge in [-0.1, -0.05) is 42.5 Å². The zero-order valence-electron chi connectivity index (χ0n) is 20.4. The van der Waals surface area contributed by atoms with E-state index in [0.29, 0.717) is 33.0 Å². The molecule has 1 amide bonds. The van der Waals surface area contributed by atoms with E-state index in [1.807, 2.05) is 53.8 Å². The number of aryl methyl sites for hydroxylation is 1. The molecule has 186 valence electrons. The summed E-state index contributed by atoms with van der Waals surface area (Å²) in [4.78, 5) is 20.4. The third kappa shape index (κ3) is 4.51. The summed E-state index contributed by atoms with van der Waals surface area (Å²) in [5.74, 6) is 1.17. The molecule has 1 fully saturated rings. The minimum atomic E-state index is -0.0775. The van der Waals surface area contributed by atoms with Gasteiger partial charge in [0.1, 0.15) is 11.5 Å². The smallest absolute Gasteiger partial charge is 0.274 e. The van der Waals surface area contributed by atoms with Gasteiger partial charge in [-0.25, -0.2) is 9.67 Å². The quantitative estimate of drug-likeness (QED) is 0.332. The number of hydrogen-bond acceptors (Lipinski definition) is 5. The second kappa shape index (κ2) is 10.0. The minimum absolute atomic E-state index is 0.0775. The molecule has 1 saturated carbocycles. The summed E-state index contributed by atoms with van der Waals surface area (Å²) in [7, 11) is 3.68. The lowest BCUT2D eigenvalue weighted by molar-refractivity contribution is 0.0690. The lowest BCUT2D eigenvalue weighted by atomic mass is 9.94. The first-order valence-corrected chi connectivity index (χ1v) is 12.8. The highest BCUT2D eigenvalue weighted by molar-refractivity contribution is 6.36. The van der Waals surface area contributed by atoms with Crippen LogP contribution in [0.1, 0.15) is 48.3 Å². The predicted molar refractivity (Wildman–Crippen MR) is 141 cm³/mol. The number of imidazole rings is 1. The van der Waals surface area contributed by atoms with E-state index in [1.54, 1.807) is 23.9 Å². The fourth-order valence-electron chi connectivity index (χ4n) is 4.91. The largest absolute Gasteiger partial charge is 0.337 e. The lowest BCUT2D eigenvalue weighted by Crippen LogP contribution is -2.38. The Morgan fingerprint density at radius 3 is 2.39 bits per heavy atom. The molecule has 0 unspecified atom stereocenters. The van der Waals surface area contributed by atoms with Crippen molar-refractivity contribution < 1.29 is 4.79 Å². The van der Waals surface area contributed by atoms with Gasteiger partial charge in [-0.15, -0.1) is 5.10 Å². The Balaban J connectivity index is 1.60. The van der Waals surface area contributed by atoms with Gasteiger partial charge in [-0.05, 0) is 72.7 Å². The third-order valence-electron chi connectivity index (χ3n) is 6.93. The van der Waals surface area contributed by atoms with Crippen LogP contribution in [0.25, 0.3) is 28.5 Å². The summed E-state index contributed by atoms with van der Waals surface area (Å²) in [6, 6.07) is 13.4. The summed E-state index contributed by atoms with van der Waals surface area (Å²) in [5, 5.41) is 12.7. The van der Waals surface area contributed by atoms with Crippen LogP contribution in [0.15, 0.2) is 42.5 Å². The van der Waals surface area contributed by atoms with E-state index in [2.05, 4.69) is 15.5 Å². The second-order valence-corrected chi connectivity index (χ2v) is 10.1. The van der Waals surface area contributed by atoms with Crippen molar-refractivity contribution in [2.75, 3.05) is 7.05 Å². The van der Waals surface area contributed by atoms with Crippen LogP contribution in [0.4, 0.5) is 0 Å². The highest BCUT2D eigenvalue weighted by Crippen LogP contribution is 2.34. The average molecular weight is 524 g/mol. The lowest BCUT2D eigenvalue weighted by Gasteiger charge is -2.30. The number of rotatable bonds is 5. The van der Waals surface area contributed by atoms with Crippen molar-refractivity contribution in [1.82, 2.24) is 34.7 Å². The molecule has 5 rings (SSSR count). The Morgan fingerprint density at radius 1 is 1.03 bits per heavy atom. The van der Waals surface area contributed by atoms with Gasteiger partial charge in [0.2, 0.25) is 0 Å². The van der Waals surface area contributed by atoms with Crippen molar-refractivity contribution in [3.05, 3.63) is 63.9 Å². The number of benzene rings is 2. The van der Waals surface area contributed by atoms with Crippen LogP contribution in [-0.2, 0) is 7.05 Å². The van der Waals surface area contributed by atoms with Gasteiger partial charge in [-0.3, -0.25) is 9.36 Å². The Hall–Kier alpha value is -3.23. The van der Waals surface area contributed by atoms with Gasteiger partial charge in [0.25, 0.3) is 5.91 Å². The van der Waals surface area contributed by atoms with Crippen LogP contribution in [0, 0.1) is 6.92 Å². The molecule has 2 heterocycles. The highest BCUT2D eigenvalue weighted by Gasteiger charge is 2.29. The van der Waals surface area contributed by atoms with E-state index >= 15 is 0 Å². The molecule has 0 bridgehead atoms. The van der Waals surface area contributed by atoms with Crippen molar-refractivity contribution in [3.63, 3.8) is 0 Å². The fraction of sp³-hybridized carbons (Fsp3) is 0.346. The van der Waals surface area contributed by atoms with E-state index < -0.39 is 0 Å². The first-order chi connectivity index (χ1) is 17.3. The summed E-state index contributed by atoms with van der Waals surface area (Å²) in [6.07, 6.45) is 5.57. The van der Waals surface area contributed by atoms with Gasteiger partial charge >= 0.3 is 0 Å². The third-order valence-corrected chi connectivity index (χ3v) is 7.48. The standard InChI is InChI=1S/C26H27Cl2N7O/c1-16-23(26(36)33(2)19-7-5-4-6-8-19)29-25(21-14-11-18(27)15-22(21)28)35(16)20-12-9-17(10-13-20)24-30-31-32-34(24)3/h9-15,19H,4-8H2,1-3H3. The number of amides is 1. The molecule has 0 radical (unpaired) electrons. The molecule has 4 aromatic rings. The van der Waals surface area contributed by atoms with Crippen molar-refractivity contribution in [2.24, 2.45) is 7.05 Å². The average Bonchev–Trinajstić information content (AvgIpc) is 3.46. The number of nitrogens with zero attached hydrogens (tertiary/aromatic N) is 7. The van der Waals surface area contributed by atoms with Crippen LogP contribution in [-0.4, -0.2) is 53.7 Å². The summed E-state index contributed by atoms with van der Waals surface area (Å²) >= 11 is 12.8. The van der Waals surface area contributed by atoms with Crippen LogP contribution < -0.4 is 0 Å². The summed E-state index contributed by atoms with van der Waals surface area (Å²) < 4.78 is 3.59. The monoisotopic (exact) mass is 523 g/mol. The van der Waals surface area contributed by atoms with Crippen LogP contribution in [0.2, 0.25) is 10.0 Å². The molecule has 0 spiro atoms. The van der Waals surface area contributed by atoms with Gasteiger partial charge in [0.15, 0.2) is 5.82 Å². The molecule has 2 aromatic carbocycles. The Kier molecular flexibility index (Phi) is 6.81. The highest BCUT2D eigenvalue weighted by atomic mass is 35.5. The van der Waals surface area contributed by atoms with Gasteiger partial charge in [-0.2, -0.15) is 0 Å². The molecule has 10 heteroatoms. The first kappa shape index (κ1) is 24.5. The van der Waals surface area contributed by atoms with Gasteiger partial charge < -0.3 is 4.90 Å². The fourth-order valence-corrected chi connectivity index (χ4v) is 5.40. The van der Waals surface area contributed by atoms with Gasteiger partial charge in [0.05, 0.1) is 10.7 Å². The second-order valence-electron chi connectivity index (χ2n) is 9.21. The van der Waals surface area contributed by atoms with Gasteiger partial charge in [0, 0.05) is 42.0 Å². The zero-order chi connectivity index (χ0) is 25.4. The van der Waals surface area contributed by atoms with E-state index in [4.69, 9.17) is 28.2 Å². The number of carbonyl (C=O) groups excluding carboxylic acids is 1. The molecule has 0 N–H and O–H groups in total. The maximum atomic E-state index is 13.7. The molecule has 1 aliphatic carbocycles. The molecule has 8 nitrogen and oxygen atoms in total. The maximum absolute atomic E-state index is 13.7. The molecule has 2 aromatic heterocycles. The first-order valence-electron chi connectivity index (χ1n) is 12.0. The molecular formula is C26H27Cl2N7O. The van der Waals surface area contributed by atoms with Crippen LogP contribution >= 0.6 is 23.2 Å². The summed E-state index contributed by atoms with van der Waals surface area (Å²) in [6.45, 7) is 1.92. The number of aromatic nitrogens is 6. The minimum Gasteiger partial charge on any atom is -0.337 e. The molecular weight excluding hydrogens is 497 g/mol. The van der Waals surface area contributed by atoms with E-state index in [0.717, 1.165) is 42.6 Å². The normalized spacial score (nSPS) is 14.2. The SMILES string of the molecule is Cc1c(C(=O)N(C)C2CCCCC2)nc(-c2ccc(Cl)cc2Cl)n1-c1ccc(-c2nnnn2C)cc1. The Labute approximate surface area is 219 Å². The van der Waals surface area contributed by atoms with E-state index in [-0.39, 0.29) is 11.9 Å². The van der Waals surface area contributed by atoms with Crippen molar-refractivity contribution in [1.29, 1.82) is 0 Å². The molecule has 0 atom stereocenters. The number of tetrazole rings is 1. The molecule has 36 heavy (non-hydrogen) atoms. The van der Waals surface area contributed by atoms with Crippen molar-refractivity contribution in [3.8, 4) is 28.5 Å². The van der Waals surface area contributed by atoms with Crippen molar-refractivity contribution in [2.45, 2.75) is 45.1 Å². The maximum Gasteiger partial charge on any atom is 0.274 e.